The first-order valence-electron chi connectivity index (χ1n) is 19.4. The number of rotatable bonds is 10. The van der Waals surface area contributed by atoms with Gasteiger partial charge in [0.05, 0.1) is 29.4 Å². The number of hydrogen-bond acceptors (Lipinski definition) is 10. The van der Waals surface area contributed by atoms with Gasteiger partial charge in [0, 0.05) is 81.8 Å². The number of hydrogen-bond donors (Lipinski definition) is 3. The maximum Gasteiger partial charge on any atom is 0.255 e. The van der Waals surface area contributed by atoms with Crippen LogP contribution < -0.4 is 30.9 Å². The number of amides is 2. The van der Waals surface area contributed by atoms with Crippen molar-refractivity contribution >= 4 is 40.0 Å². The average Bonchev–Trinajstić information content (AvgIpc) is 3.98. The van der Waals surface area contributed by atoms with Crippen LogP contribution in [0.4, 0.5) is 26.0 Å². The van der Waals surface area contributed by atoms with Crippen molar-refractivity contribution < 1.29 is 23.1 Å². The zero-order valence-electron chi connectivity index (χ0n) is 31.9. The number of nitrogens with zero attached hydrogens (tertiary/aromatic N) is 7. The van der Waals surface area contributed by atoms with Crippen LogP contribution >= 0.6 is 0 Å². The van der Waals surface area contributed by atoms with Crippen molar-refractivity contribution in [2.45, 2.75) is 19.5 Å². The molecule has 0 aliphatic carbocycles. The summed E-state index contributed by atoms with van der Waals surface area (Å²) in [6.07, 6.45) is 2.35. The molecule has 15 heteroatoms. The van der Waals surface area contributed by atoms with Gasteiger partial charge in [0.2, 0.25) is 0 Å². The minimum absolute atomic E-state index is 0.00349. The van der Waals surface area contributed by atoms with Crippen LogP contribution in [0.5, 0.6) is 5.75 Å². The van der Waals surface area contributed by atoms with E-state index in [1.807, 2.05) is 48.5 Å². The molecular formula is C43H42F2N10O3. The molecule has 9 rings (SSSR count). The van der Waals surface area contributed by atoms with Gasteiger partial charge in [0.25, 0.3) is 11.8 Å². The van der Waals surface area contributed by atoms with Crippen LogP contribution in [0, 0.1) is 17.6 Å². The quantitative estimate of drug-likeness (QED) is 0.170. The second-order valence-corrected chi connectivity index (χ2v) is 15.0. The molecule has 4 N–H and O–H groups in total. The topological polar surface area (TPSA) is 147 Å². The van der Waals surface area contributed by atoms with Crippen LogP contribution in [0.3, 0.4) is 0 Å². The van der Waals surface area contributed by atoms with E-state index in [0.29, 0.717) is 40.6 Å². The molecule has 2 aromatic heterocycles. The molecule has 5 heterocycles. The minimum Gasteiger partial charge on any atom is -0.496 e. The summed E-state index contributed by atoms with van der Waals surface area (Å²) in [6, 6.07) is 22.5. The molecule has 2 amide bonds. The third-order valence-electron chi connectivity index (χ3n) is 11.4. The highest BCUT2D eigenvalue weighted by Gasteiger charge is 2.29. The number of nitrogens with two attached hydrogens (primary N) is 1. The number of ether oxygens (including phenoxy) is 1. The first-order valence-corrected chi connectivity index (χ1v) is 19.4. The normalized spacial score (nSPS) is 16.8. The van der Waals surface area contributed by atoms with Crippen LogP contribution in [-0.2, 0) is 13.1 Å². The first kappa shape index (κ1) is 37.0. The van der Waals surface area contributed by atoms with Crippen molar-refractivity contribution in [3.05, 3.63) is 119 Å². The highest BCUT2D eigenvalue weighted by molar-refractivity contribution is 6.00. The van der Waals surface area contributed by atoms with E-state index in [-0.39, 0.29) is 35.4 Å². The van der Waals surface area contributed by atoms with E-state index >= 15 is 4.39 Å². The highest BCUT2D eigenvalue weighted by atomic mass is 19.1. The third kappa shape index (κ3) is 7.13. The second kappa shape index (κ2) is 15.4. The Morgan fingerprint density at radius 3 is 2.53 bits per heavy atom. The molecule has 1 unspecified atom stereocenters. The first-order chi connectivity index (χ1) is 28.2. The van der Waals surface area contributed by atoms with Crippen molar-refractivity contribution in [3.8, 4) is 22.7 Å². The summed E-state index contributed by atoms with van der Waals surface area (Å²) in [5, 5.41) is 11.1. The molecule has 1 atom stereocenters. The van der Waals surface area contributed by atoms with Crippen LogP contribution in [-0.4, -0.2) is 89.4 Å². The van der Waals surface area contributed by atoms with E-state index < -0.39 is 11.7 Å². The molecular weight excluding hydrogens is 743 g/mol. The average molecular weight is 785 g/mol. The number of benzene rings is 4. The van der Waals surface area contributed by atoms with Crippen molar-refractivity contribution in [1.82, 2.24) is 35.3 Å². The molecule has 296 valence electrons. The van der Waals surface area contributed by atoms with Gasteiger partial charge in [0.1, 0.15) is 35.2 Å². The van der Waals surface area contributed by atoms with E-state index in [4.69, 9.17) is 15.6 Å². The number of nitrogens with one attached hydrogen (secondary N) is 2. The fraction of sp³-hybridized carbons (Fsp3) is 0.279. The SMILES string of the molecule is COc1ccc(F)cc1C(=O)NCc1ccc(-c2nn(-c3ccc(N4CCC(CN5CCN(c6ccc7c(c6)CNC7=O)CC5)C4)c(F)c3)c3ncnc(N)c23)cc1. The lowest BCUT2D eigenvalue weighted by Crippen LogP contribution is -2.48. The van der Waals surface area contributed by atoms with Crippen molar-refractivity contribution in [2.75, 3.05) is 68.5 Å². The lowest BCUT2D eigenvalue weighted by atomic mass is 10.1. The molecule has 2 saturated heterocycles. The lowest BCUT2D eigenvalue weighted by Gasteiger charge is -2.37. The number of fused-ring (bicyclic) bond motifs is 2. The van der Waals surface area contributed by atoms with Crippen molar-refractivity contribution in [2.24, 2.45) is 5.92 Å². The number of nitrogen functional groups attached to an aromatic ring is 1. The van der Waals surface area contributed by atoms with Crippen LogP contribution in [0.25, 0.3) is 28.0 Å². The predicted octanol–water partition coefficient (Wildman–Crippen LogP) is 5.17. The molecule has 2 fully saturated rings. The molecule has 0 radical (unpaired) electrons. The van der Waals surface area contributed by atoms with E-state index in [1.165, 1.54) is 31.6 Å². The molecule has 13 nitrogen and oxygen atoms in total. The van der Waals surface area contributed by atoms with E-state index in [0.717, 1.165) is 86.2 Å². The van der Waals surface area contributed by atoms with Crippen LogP contribution in [0.1, 0.15) is 38.3 Å². The van der Waals surface area contributed by atoms with Gasteiger partial charge in [0.15, 0.2) is 5.65 Å². The van der Waals surface area contributed by atoms with Gasteiger partial charge in [-0.25, -0.2) is 23.4 Å². The Kier molecular flexibility index (Phi) is 9.81. The maximum absolute atomic E-state index is 16.0. The molecule has 3 aliphatic heterocycles. The zero-order valence-corrected chi connectivity index (χ0v) is 31.9. The maximum atomic E-state index is 16.0. The Morgan fingerprint density at radius 1 is 0.931 bits per heavy atom. The standard InChI is InChI=1S/C43H42F2N10O3/c1-58-37-11-6-30(44)19-34(37)43(57)47-21-26-2-4-28(5-3-26)39-38-40(46)49-25-50-41(38)55(51-39)32-8-10-36(35(45)20-32)54-13-12-27(24-54)23-52-14-16-53(17-15-52)31-7-9-33-29(18-31)22-48-42(33)56/h2-11,18-20,25,27H,12-17,21-24H2,1H3,(H,47,57)(H,48,56)(H2,46,49,50). The Morgan fingerprint density at radius 2 is 1.74 bits per heavy atom. The Labute approximate surface area is 333 Å². The van der Waals surface area contributed by atoms with Gasteiger partial charge in [-0.15, -0.1) is 0 Å². The molecule has 0 bridgehead atoms. The summed E-state index contributed by atoms with van der Waals surface area (Å²) in [7, 11) is 1.42. The summed E-state index contributed by atoms with van der Waals surface area (Å²) in [6.45, 7) is 7.07. The van der Waals surface area contributed by atoms with Gasteiger partial charge in [-0.05, 0) is 72.0 Å². The van der Waals surface area contributed by atoms with Crippen molar-refractivity contribution in [3.63, 3.8) is 0 Å². The Bertz CT molecular complexity index is 2540. The van der Waals surface area contributed by atoms with E-state index in [1.54, 1.807) is 4.68 Å². The monoisotopic (exact) mass is 784 g/mol. The van der Waals surface area contributed by atoms with E-state index in [2.05, 4.69) is 41.4 Å². The molecule has 6 aromatic rings. The van der Waals surface area contributed by atoms with Gasteiger partial charge < -0.3 is 30.9 Å². The zero-order chi connectivity index (χ0) is 39.9. The van der Waals surface area contributed by atoms with Crippen LogP contribution in [0.2, 0.25) is 0 Å². The summed E-state index contributed by atoms with van der Waals surface area (Å²) in [5.41, 5.74) is 13.0. The van der Waals surface area contributed by atoms with Gasteiger partial charge in [-0.2, -0.15) is 5.10 Å². The number of piperazine rings is 1. The van der Waals surface area contributed by atoms with Gasteiger partial charge in [-0.1, -0.05) is 24.3 Å². The Hall–Kier alpha value is -6.61. The number of anilines is 3. The van der Waals surface area contributed by atoms with Gasteiger partial charge in [-0.3, -0.25) is 14.5 Å². The lowest BCUT2D eigenvalue weighted by molar-refractivity contribution is 0.0944. The second-order valence-electron chi connectivity index (χ2n) is 15.0. The van der Waals surface area contributed by atoms with E-state index in [9.17, 15) is 14.0 Å². The minimum atomic E-state index is -0.534. The highest BCUT2D eigenvalue weighted by Crippen LogP contribution is 2.34. The van der Waals surface area contributed by atoms with Gasteiger partial charge >= 0.3 is 0 Å². The number of halogens is 2. The molecule has 3 aliphatic rings. The third-order valence-corrected chi connectivity index (χ3v) is 11.4. The summed E-state index contributed by atoms with van der Waals surface area (Å²) < 4.78 is 36.6. The largest absolute Gasteiger partial charge is 0.496 e. The predicted molar refractivity (Wildman–Crippen MR) is 217 cm³/mol. The summed E-state index contributed by atoms with van der Waals surface area (Å²) in [5.74, 6) is -0.385. The molecule has 0 saturated carbocycles. The number of carbonyl (C=O) groups is 2. The number of aromatic nitrogens is 4. The number of methoxy groups -OCH3 is 1. The Balaban J connectivity index is 0.850. The fourth-order valence-corrected chi connectivity index (χ4v) is 8.33. The smallest absolute Gasteiger partial charge is 0.255 e. The molecule has 0 spiro atoms. The van der Waals surface area contributed by atoms with Crippen LogP contribution in [0.15, 0.2) is 85.2 Å². The molecule has 4 aromatic carbocycles. The van der Waals surface area contributed by atoms with Crippen molar-refractivity contribution in [1.29, 1.82) is 0 Å². The number of carbonyl (C=O) groups excluding carboxylic acids is 2. The summed E-state index contributed by atoms with van der Waals surface area (Å²) in [4.78, 5) is 40.5. The molecule has 58 heavy (non-hydrogen) atoms. The fourth-order valence-electron chi connectivity index (χ4n) is 8.33. The summed E-state index contributed by atoms with van der Waals surface area (Å²) >= 11 is 0.